The first kappa shape index (κ1) is 27.9. The third-order valence-electron chi connectivity index (χ3n) is 5.68. The fraction of sp³-hybridized carbons (Fsp3) is 0.259. The third-order valence-corrected chi connectivity index (χ3v) is 7.18. The van der Waals surface area contributed by atoms with Crippen molar-refractivity contribution in [2.75, 3.05) is 6.54 Å². The second-order valence-electron chi connectivity index (χ2n) is 8.35. The van der Waals surface area contributed by atoms with Crippen LogP contribution in [0.5, 0.6) is 0 Å². The number of rotatable bonds is 10. The second-order valence-corrected chi connectivity index (χ2v) is 10.3. The molecule has 0 aliphatic carbocycles. The summed E-state index contributed by atoms with van der Waals surface area (Å²) in [5, 5.41) is 2.79. The van der Waals surface area contributed by atoms with Crippen LogP contribution in [-0.4, -0.2) is 37.2 Å². The maximum atomic E-state index is 13.7. The van der Waals surface area contributed by atoms with Gasteiger partial charge in [-0.25, -0.2) is 8.42 Å². The molecule has 0 bridgehead atoms. The lowest BCUT2D eigenvalue weighted by atomic mass is 10.0. The van der Waals surface area contributed by atoms with Crippen LogP contribution in [0.25, 0.3) is 0 Å². The molecular weight excluding hydrogens is 505 g/mol. The first-order valence-electron chi connectivity index (χ1n) is 11.6. The minimum atomic E-state index is -5.57. The summed E-state index contributed by atoms with van der Waals surface area (Å²) in [7, 11) is -5.57. The van der Waals surface area contributed by atoms with E-state index in [1.54, 1.807) is 54.6 Å². The van der Waals surface area contributed by atoms with E-state index in [4.69, 9.17) is 0 Å². The van der Waals surface area contributed by atoms with Gasteiger partial charge in [0.25, 0.3) is 15.7 Å². The Hall–Kier alpha value is -3.66. The molecule has 1 N–H and O–H groups in total. The van der Waals surface area contributed by atoms with Gasteiger partial charge in [-0.05, 0) is 41.8 Å². The molecule has 0 saturated carbocycles. The molecule has 3 aromatic carbocycles. The van der Waals surface area contributed by atoms with Crippen LogP contribution in [0.15, 0.2) is 89.8 Å². The van der Waals surface area contributed by atoms with Crippen LogP contribution in [0.2, 0.25) is 0 Å². The summed E-state index contributed by atoms with van der Waals surface area (Å²) in [5.41, 5.74) is -4.24. The molecule has 0 aromatic heterocycles. The van der Waals surface area contributed by atoms with E-state index in [1.165, 1.54) is 4.90 Å². The van der Waals surface area contributed by atoms with Gasteiger partial charge in [-0.15, -0.1) is 0 Å². The Morgan fingerprint density at radius 3 is 2.00 bits per heavy atom. The average Bonchev–Trinajstić information content (AvgIpc) is 2.89. The molecule has 0 saturated heterocycles. The van der Waals surface area contributed by atoms with Gasteiger partial charge in [-0.1, -0.05) is 74.0 Å². The zero-order valence-electron chi connectivity index (χ0n) is 20.1. The summed E-state index contributed by atoms with van der Waals surface area (Å²) in [5.74, 6) is -0.993. The first-order chi connectivity index (χ1) is 17.6. The molecule has 1 unspecified atom stereocenters. The number of benzene rings is 3. The van der Waals surface area contributed by atoms with Crippen LogP contribution in [-0.2, 0) is 21.2 Å². The van der Waals surface area contributed by atoms with Crippen molar-refractivity contribution in [3.05, 3.63) is 102 Å². The topological polar surface area (TPSA) is 83.6 Å². The lowest BCUT2D eigenvalue weighted by molar-refractivity contribution is -0.126. The number of unbranched alkanes of at least 4 members (excludes halogenated alkanes) is 1. The number of carbonyl (C=O) groups excluding carboxylic acids is 2. The van der Waals surface area contributed by atoms with Gasteiger partial charge in [-0.3, -0.25) is 9.59 Å². The molecule has 0 fully saturated rings. The van der Waals surface area contributed by atoms with Crippen molar-refractivity contribution in [2.24, 2.45) is 0 Å². The standard InChI is InChI=1S/C27H27F3N2O4S/c1-2-3-18-31-25(33)24(21-14-16-23(17-15-21)37(35,36)27(28,29)30)32(19-20-10-6-4-7-11-20)26(34)22-12-8-5-9-13-22/h4-17,24H,2-3,18-19H2,1H3,(H,31,33). The van der Waals surface area contributed by atoms with Crippen molar-refractivity contribution >= 4 is 21.7 Å². The highest BCUT2D eigenvalue weighted by molar-refractivity contribution is 7.92. The van der Waals surface area contributed by atoms with Crippen LogP contribution in [0.3, 0.4) is 0 Å². The number of amides is 2. The molecule has 196 valence electrons. The van der Waals surface area contributed by atoms with Crippen molar-refractivity contribution < 1.29 is 31.2 Å². The normalized spacial score (nSPS) is 12.5. The number of hydrogen-bond donors (Lipinski definition) is 1. The molecule has 1 atom stereocenters. The molecule has 0 heterocycles. The molecule has 0 aliphatic rings. The maximum absolute atomic E-state index is 13.7. The molecular formula is C27H27F3N2O4S. The molecule has 0 aliphatic heterocycles. The summed E-state index contributed by atoms with van der Waals surface area (Å²) >= 11 is 0. The fourth-order valence-corrected chi connectivity index (χ4v) is 4.49. The van der Waals surface area contributed by atoms with Crippen molar-refractivity contribution in [1.29, 1.82) is 0 Å². The van der Waals surface area contributed by atoms with Crippen LogP contribution < -0.4 is 5.32 Å². The highest BCUT2D eigenvalue weighted by Crippen LogP contribution is 2.32. The molecule has 37 heavy (non-hydrogen) atoms. The van der Waals surface area contributed by atoms with Crippen LogP contribution in [0, 0.1) is 0 Å². The van der Waals surface area contributed by atoms with Crippen LogP contribution >= 0.6 is 0 Å². The highest BCUT2D eigenvalue weighted by atomic mass is 32.2. The Morgan fingerprint density at radius 2 is 1.46 bits per heavy atom. The van der Waals surface area contributed by atoms with Gasteiger partial charge in [0, 0.05) is 18.7 Å². The molecule has 2 amide bonds. The average molecular weight is 533 g/mol. The number of carbonyl (C=O) groups is 2. The Labute approximate surface area is 214 Å². The van der Waals surface area contributed by atoms with Crippen LogP contribution in [0.1, 0.15) is 47.3 Å². The third kappa shape index (κ3) is 6.76. The summed E-state index contributed by atoms with van der Waals surface area (Å²) < 4.78 is 62.8. The largest absolute Gasteiger partial charge is 0.501 e. The number of hydrogen-bond acceptors (Lipinski definition) is 4. The van der Waals surface area contributed by atoms with Gasteiger partial charge in [0.05, 0.1) is 4.90 Å². The Morgan fingerprint density at radius 1 is 0.892 bits per heavy atom. The van der Waals surface area contributed by atoms with Gasteiger partial charge in [0.1, 0.15) is 6.04 Å². The van der Waals surface area contributed by atoms with E-state index in [9.17, 15) is 31.2 Å². The Kier molecular flexibility index (Phi) is 9.09. The molecule has 3 rings (SSSR count). The Bertz CT molecular complexity index is 1300. The number of halogens is 3. The van der Waals surface area contributed by atoms with E-state index in [2.05, 4.69) is 5.32 Å². The van der Waals surface area contributed by atoms with E-state index in [-0.39, 0.29) is 12.1 Å². The summed E-state index contributed by atoms with van der Waals surface area (Å²) in [6.45, 7) is 2.32. The van der Waals surface area contributed by atoms with E-state index in [0.717, 1.165) is 36.2 Å². The van der Waals surface area contributed by atoms with Crippen LogP contribution in [0.4, 0.5) is 13.2 Å². The Balaban J connectivity index is 2.09. The van der Waals surface area contributed by atoms with Crippen molar-refractivity contribution in [2.45, 2.75) is 42.8 Å². The van der Waals surface area contributed by atoms with Gasteiger partial charge < -0.3 is 10.2 Å². The van der Waals surface area contributed by atoms with E-state index in [0.29, 0.717) is 18.5 Å². The van der Waals surface area contributed by atoms with Gasteiger partial charge >= 0.3 is 5.51 Å². The predicted molar refractivity (Wildman–Crippen MR) is 133 cm³/mol. The van der Waals surface area contributed by atoms with E-state index < -0.39 is 38.1 Å². The lowest BCUT2D eigenvalue weighted by Crippen LogP contribution is -2.43. The first-order valence-corrected chi connectivity index (χ1v) is 13.1. The quantitative estimate of drug-likeness (QED) is 0.360. The monoisotopic (exact) mass is 532 g/mol. The van der Waals surface area contributed by atoms with Gasteiger partial charge in [-0.2, -0.15) is 13.2 Å². The minimum absolute atomic E-state index is 0.0308. The van der Waals surface area contributed by atoms with E-state index in [1.807, 2.05) is 13.0 Å². The molecule has 0 spiro atoms. The number of sulfone groups is 1. The van der Waals surface area contributed by atoms with Gasteiger partial charge in [0.2, 0.25) is 5.91 Å². The molecule has 0 radical (unpaired) electrons. The van der Waals surface area contributed by atoms with Crippen molar-refractivity contribution in [3.63, 3.8) is 0 Å². The zero-order chi connectivity index (χ0) is 27.1. The SMILES string of the molecule is CCCCNC(=O)C(c1ccc(S(=O)(=O)C(F)(F)F)cc1)N(Cc1ccccc1)C(=O)c1ccccc1. The number of alkyl halides is 3. The molecule has 6 nitrogen and oxygen atoms in total. The molecule has 10 heteroatoms. The summed E-state index contributed by atoms with van der Waals surface area (Å²) in [4.78, 5) is 27.5. The van der Waals surface area contributed by atoms with Crippen molar-refractivity contribution in [3.8, 4) is 0 Å². The minimum Gasteiger partial charge on any atom is -0.354 e. The zero-order valence-corrected chi connectivity index (χ0v) is 20.9. The number of nitrogens with zero attached hydrogens (tertiary/aromatic N) is 1. The highest BCUT2D eigenvalue weighted by Gasteiger charge is 2.47. The second kappa shape index (κ2) is 12.1. The lowest BCUT2D eigenvalue weighted by Gasteiger charge is -2.32. The summed E-state index contributed by atoms with van der Waals surface area (Å²) in [6.07, 6.45) is 1.50. The molecule has 3 aromatic rings. The van der Waals surface area contributed by atoms with E-state index >= 15 is 0 Å². The smallest absolute Gasteiger partial charge is 0.354 e. The van der Waals surface area contributed by atoms with Crippen molar-refractivity contribution in [1.82, 2.24) is 10.2 Å². The fourth-order valence-electron chi connectivity index (χ4n) is 3.73. The predicted octanol–water partition coefficient (Wildman–Crippen LogP) is 5.28. The summed E-state index contributed by atoms with van der Waals surface area (Å²) in [6, 6.07) is 19.9. The maximum Gasteiger partial charge on any atom is 0.501 e. The number of nitrogens with one attached hydrogen (secondary N) is 1. The van der Waals surface area contributed by atoms with Gasteiger partial charge in [0.15, 0.2) is 0 Å².